The molecule has 0 radical (unpaired) electrons. The first-order valence-corrected chi connectivity index (χ1v) is 4.58. The van der Waals surface area contributed by atoms with Crippen molar-refractivity contribution in [2.75, 3.05) is 0 Å². The van der Waals surface area contributed by atoms with Crippen LogP contribution in [-0.2, 0) is 0 Å². The Morgan fingerprint density at radius 2 is 1.87 bits per heavy atom. The van der Waals surface area contributed by atoms with Crippen LogP contribution in [0.15, 0.2) is 48.1 Å². The summed E-state index contributed by atoms with van der Waals surface area (Å²) in [7, 11) is 0. The minimum absolute atomic E-state index is 0.115. The number of hydrogen-bond acceptors (Lipinski definition) is 0. The summed E-state index contributed by atoms with van der Waals surface area (Å²) in [6.45, 7) is 6.91. The molecule has 1 aliphatic carbocycles. The van der Waals surface area contributed by atoms with Gasteiger partial charge in [0.15, 0.2) is 0 Å². The topological polar surface area (TPSA) is 0 Å². The highest BCUT2D eigenvalue weighted by molar-refractivity contribution is 5.45. The van der Waals surface area contributed by atoms with Gasteiger partial charge in [0, 0.05) is 5.41 Å². The monoisotopic (exact) mass is 214 g/mol. The summed E-state index contributed by atoms with van der Waals surface area (Å²) in [6.07, 6.45) is 3.75. The van der Waals surface area contributed by atoms with Crippen LogP contribution in [0.3, 0.4) is 0 Å². The van der Waals surface area contributed by atoms with Crippen LogP contribution in [0.4, 0.5) is 13.2 Å². The van der Waals surface area contributed by atoms with E-state index in [0.29, 0.717) is 0 Å². The molecule has 0 N–H and O–H groups in total. The van der Waals surface area contributed by atoms with Gasteiger partial charge in [0.05, 0.1) is 5.57 Å². The molecule has 15 heavy (non-hydrogen) atoms. The van der Waals surface area contributed by atoms with Gasteiger partial charge in [-0.15, -0.1) is 0 Å². The lowest BCUT2D eigenvalue weighted by Crippen LogP contribution is -2.12. The minimum Gasteiger partial charge on any atom is -0.166 e. The number of hydrogen-bond donors (Lipinski definition) is 0. The molecule has 0 atom stereocenters. The van der Waals surface area contributed by atoms with Crippen molar-refractivity contribution in [2.24, 2.45) is 5.41 Å². The van der Waals surface area contributed by atoms with Gasteiger partial charge < -0.3 is 0 Å². The van der Waals surface area contributed by atoms with E-state index in [-0.39, 0.29) is 11.0 Å². The van der Waals surface area contributed by atoms with Crippen LogP contribution in [0.25, 0.3) is 0 Å². The number of halogens is 3. The van der Waals surface area contributed by atoms with E-state index in [1.165, 1.54) is 12.2 Å². The van der Waals surface area contributed by atoms with Gasteiger partial charge in [0.1, 0.15) is 0 Å². The second-order valence-electron chi connectivity index (χ2n) is 4.11. The third kappa shape index (κ3) is 3.11. The average Bonchev–Trinajstić information content (AvgIpc) is 2.23. The predicted molar refractivity (Wildman–Crippen MR) is 55.3 cm³/mol. The van der Waals surface area contributed by atoms with Gasteiger partial charge in [0.2, 0.25) is 0 Å². The van der Waals surface area contributed by atoms with Crippen molar-refractivity contribution >= 4 is 0 Å². The largest absolute Gasteiger partial charge is 0.416 e. The summed E-state index contributed by atoms with van der Waals surface area (Å²) in [5.41, 5.74) is -0.908. The molecule has 0 aromatic rings. The maximum atomic E-state index is 12.4. The molecule has 0 aliphatic heterocycles. The minimum atomic E-state index is -4.36. The third-order valence-electron chi connectivity index (χ3n) is 2.18. The van der Waals surface area contributed by atoms with E-state index in [9.17, 15) is 13.2 Å². The highest BCUT2D eigenvalue weighted by Crippen LogP contribution is 2.32. The SMILES string of the molecule is C=C(C1=CC=CC(C)(C)C=C1)C(F)(F)F. The van der Waals surface area contributed by atoms with Gasteiger partial charge in [-0.1, -0.05) is 50.8 Å². The lowest BCUT2D eigenvalue weighted by Gasteiger charge is -2.13. The molecule has 0 saturated carbocycles. The molecule has 0 amide bonds. The lowest BCUT2D eigenvalue weighted by molar-refractivity contribution is -0.0886. The van der Waals surface area contributed by atoms with Crippen LogP contribution in [0.2, 0.25) is 0 Å². The molecular weight excluding hydrogens is 201 g/mol. The summed E-state index contributed by atoms with van der Waals surface area (Å²) in [5.74, 6) is 0. The summed E-state index contributed by atoms with van der Waals surface area (Å²) in [5, 5.41) is 0. The van der Waals surface area contributed by atoms with E-state index in [4.69, 9.17) is 0 Å². The third-order valence-corrected chi connectivity index (χ3v) is 2.18. The zero-order valence-corrected chi connectivity index (χ0v) is 8.73. The van der Waals surface area contributed by atoms with Crippen molar-refractivity contribution in [3.63, 3.8) is 0 Å². The Balaban J connectivity index is 2.97. The molecule has 1 aliphatic rings. The fourth-order valence-corrected chi connectivity index (χ4v) is 1.18. The number of allylic oxidation sites excluding steroid dienone is 7. The summed E-state index contributed by atoms with van der Waals surface area (Å²) < 4.78 is 37.1. The van der Waals surface area contributed by atoms with Gasteiger partial charge in [0.25, 0.3) is 0 Å². The normalized spacial score (nSPS) is 19.7. The zero-order chi connectivity index (χ0) is 11.7. The van der Waals surface area contributed by atoms with Gasteiger partial charge in [-0.25, -0.2) is 0 Å². The summed E-state index contributed by atoms with van der Waals surface area (Å²) >= 11 is 0. The molecule has 0 saturated heterocycles. The first kappa shape index (κ1) is 11.8. The Hall–Kier alpha value is -1.25. The second kappa shape index (κ2) is 3.72. The molecule has 82 valence electrons. The first-order valence-electron chi connectivity index (χ1n) is 4.58. The predicted octanol–water partition coefficient (Wildman–Crippen LogP) is 4.18. The molecule has 0 aromatic carbocycles. The number of alkyl halides is 3. The lowest BCUT2D eigenvalue weighted by atomic mass is 9.93. The molecule has 0 spiro atoms. The molecule has 0 nitrogen and oxygen atoms in total. The van der Waals surface area contributed by atoms with Crippen molar-refractivity contribution in [3.05, 3.63) is 48.1 Å². The molecule has 0 aromatic heterocycles. The standard InChI is InChI=1S/C12H13F3/c1-9(12(13,14)15)10-5-4-7-11(2,3)8-6-10/h4-8H,1H2,2-3H3. The molecule has 1 rings (SSSR count). The van der Waals surface area contributed by atoms with Gasteiger partial charge in [-0.05, 0) is 5.57 Å². The quantitative estimate of drug-likeness (QED) is 0.614. The Morgan fingerprint density at radius 3 is 2.40 bits per heavy atom. The molecule has 0 unspecified atom stereocenters. The smallest absolute Gasteiger partial charge is 0.166 e. The Bertz CT molecular complexity index is 352. The van der Waals surface area contributed by atoms with E-state index in [1.54, 1.807) is 12.2 Å². The molecule has 0 fully saturated rings. The Morgan fingerprint density at radius 1 is 1.27 bits per heavy atom. The highest BCUT2D eigenvalue weighted by atomic mass is 19.4. The van der Waals surface area contributed by atoms with Crippen molar-refractivity contribution in [1.29, 1.82) is 0 Å². The van der Waals surface area contributed by atoms with Gasteiger partial charge in [-0.2, -0.15) is 13.2 Å². The molecule has 0 heterocycles. The zero-order valence-electron chi connectivity index (χ0n) is 8.73. The van der Waals surface area contributed by atoms with Crippen molar-refractivity contribution < 1.29 is 13.2 Å². The average molecular weight is 214 g/mol. The van der Waals surface area contributed by atoms with Crippen LogP contribution >= 0.6 is 0 Å². The van der Waals surface area contributed by atoms with E-state index in [0.717, 1.165) is 0 Å². The van der Waals surface area contributed by atoms with Crippen LogP contribution < -0.4 is 0 Å². The van der Waals surface area contributed by atoms with Gasteiger partial charge in [-0.3, -0.25) is 0 Å². The van der Waals surface area contributed by atoms with Crippen LogP contribution in [-0.4, -0.2) is 6.18 Å². The summed E-state index contributed by atoms with van der Waals surface area (Å²) in [4.78, 5) is 0. The van der Waals surface area contributed by atoms with Crippen molar-refractivity contribution in [2.45, 2.75) is 20.0 Å². The fourth-order valence-electron chi connectivity index (χ4n) is 1.18. The van der Waals surface area contributed by atoms with Crippen LogP contribution in [0, 0.1) is 5.41 Å². The van der Waals surface area contributed by atoms with Gasteiger partial charge >= 0.3 is 6.18 Å². The van der Waals surface area contributed by atoms with Crippen molar-refractivity contribution in [3.8, 4) is 0 Å². The van der Waals surface area contributed by atoms with Crippen molar-refractivity contribution in [1.82, 2.24) is 0 Å². The maximum Gasteiger partial charge on any atom is 0.416 e. The first-order chi connectivity index (χ1) is 6.72. The van der Waals surface area contributed by atoms with E-state index in [1.807, 2.05) is 19.9 Å². The van der Waals surface area contributed by atoms with Crippen LogP contribution in [0.1, 0.15) is 13.8 Å². The molecular formula is C12H13F3. The summed E-state index contributed by atoms with van der Waals surface area (Å²) in [6, 6.07) is 0. The Kier molecular flexibility index (Phi) is 2.93. The molecule has 3 heteroatoms. The van der Waals surface area contributed by atoms with Crippen LogP contribution in [0.5, 0.6) is 0 Å². The van der Waals surface area contributed by atoms with E-state index in [2.05, 4.69) is 6.58 Å². The second-order valence-corrected chi connectivity index (χ2v) is 4.11. The Labute approximate surface area is 87.5 Å². The number of rotatable bonds is 1. The highest BCUT2D eigenvalue weighted by Gasteiger charge is 2.33. The van der Waals surface area contributed by atoms with E-state index < -0.39 is 11.7 Å². The fraction of sp³-hybridized carbons (Fsp3) is 0.333. The molecule has 0 bridgehead atoms. The maximum absolute atomic E-state index is 12.4. The van der Waals surface area contributed by atoms with E-state index >= 15 is 0 Å².